The van der Waals surface area contributed by atoms with E-state index in [4.69, 9.17) is 14.2 Å². The molecule has 3 aromatic rings. The molecule has 1 amide bonds. The highest BCUT2D eigenvalue weighted by Crippen LogP contribution is 2.37. The Kier molecular flexibility index (Phi) is 5.11. The van der Waals surface area contributed by atoms with Gasteiger partial charge in [-0.2, -0.15) is 8.42 Å². The summed E-state index contributed by atoms with van der Waals surface area (Å²) in [5.74, 6) is 2.62. The molecule has 1 aromatic heterocycles. The van der Waals surface area contributed by atoms with Crippen molar-refractivity contribution in [2.24, 2.45) is 5.84 Å². The number of hydrazine groups is 1. The van der Waals surface area contributed by atoms with Gasteiger partial charge in [-0.25, -0.2) is 8.37 Å². The van der Waals surface area contributed by atoms with Gasteiger partial charge in [0.2, 0.25) is 0 Å². The molecule has 1 saturated heterocycles. The summed E-state index contributed by atoms with van der Waals surface area (Å²) < 4.78 is 33.0. The maximum Gasteiger partial charge on any atom is 0.406 e. The van der Waals surface area contributed by atoms with Crippen LogP contribution in [-0.4, -0.2) is 31.6 Å². The smallest absolute Gasteiger partial charge is 0.361 e. The van der Waals surface area contributed by atoms with Crippen LogP contribution in [0.15, 0.2) is 54.7 Å². The number of H-pyrrole nitrogens is 1. The van der Waals surface area contributed by atoms with E-state index >= 15 is 0 Å². The van der Waals surface area contributed by atoms with Crippen LogP contribution in [0.5, 0.6) is 0 Å². The fraction of sp³-hybridized carbons (Fsp3) is 0.211. The number of rotatable bonds is 7. The SMILES string of the molecule is NNCCc1ccc(NC(=O)C2(Cc3c[nH]c4ccccc34)OS(=O)(=O)O2)cc1. The molecule has 4 rings (SSSR count). The summed E-state index contributed by atoms with van der Waals surface area (Å²) in [7, 11) is -4.19. The number of hydrogen-bond acceptors (Lipinski definition) is 7. The third-order valence-electron chi connectivity index (χ3n) is 4.69. The van der Waals surface area contributed by atoms with Crippen LogP contribution in [0.2, 0.25) is 0 Å². The molecule has 0 aliphatic carbocycles. The number of para-hydroxylation sites is 1. The summed E-state index contributed by atoms with van der Waals surface area (Å²) in [6.07, 6.45) is 2.37. The van der Waals surface area contributed by atoms with E-state index in [9.17, 15) is 13.2 Å². The van der Waals surface area contributed by atoms with Gasteiger partial charge in [0.15, 0.2) is 0 Å². The number of benzene rings is 2. The van der Waals surface area contributed by atoms with Gasteiger partial charge in [-0.05, 0) is 35.7 Å². The van der Waals surface area contributed by atoms with Crippen LogP contribution in [0.25, 0.3) is 10.9 Å². The van der Waals surface area contributed by atoms with E-state index in [1.165, 1.54) is 0 Å². The molecular weight excluding hydrogens is 396 g/mol. The number of nitrogens with two attached hydrogens (primary N) is 1. The van der Waals surface area contributed by atoms with Gasteiger partial charge in [0.05, 0.1) is 0 Å². The number of nitrogens with one attached hydrogen (secondary N) is 3. The standard InChI is InChI=1S/C19H20N4O5S/c20-22-10-9-13-5-7-15(8-6-13)23-18(24)19(27-29(25,26)28-19)11-14-12-21-17-4-2-1-3-16(14)17/h1-8,12,21-22H,9-11,20H2,(H,23,24). The molecule has 0 bridgehead atoms. The highest BCUT2D eigenvalue weighted by Gasteiger charge is 2.58. The zero-order valence-corrected chi connectivity index (χ0v) is 16.2. The van der Waals surface area contributed by atoms with Crippen molar-refractivity contribution in [2.75, 3.05) is 11.9 Å². The Balaban J connectivity index is 1.54. The average Bonchev–Trinajstić information content (AvgIpc) is 3.08. The Morgan fingerprint density at radius 1 is 1.10 bits per heavy atom. The quantitative estimate of drug-likeness (QED) is 0.337. The Morgan fingerprint density at radius 2 is 1.83 bits per heavy atom. The van der Waals surface area contributed by atoms with E-state index in [1.807, 2.05) is 36.4 Å². The van der Waals surface area contributed by atoms with Crippen LogP contribution in [0, 0.1) is 0 Å². The van der Waals surface area contributed by atoms with Gasteiger partial charge < -0.3 is 10.3 Å². The van der Waals surface area contributed by atoms with Gasteiger partial charge >= 0.3 is 10.4 Å². The van der Waals surface area contributed by atoms with E-state index in [2.05, 4.69) is 15.7 Å². The van der Waals surface area contributed by atoms with Gasteiger partial charge in [0.1, 0.15) is 0 Å². The van der Waals surface area contributed by atoms with Crippen LogP contribution >= 0.6 is 0 Å². The molecule has 0 radical (unpaired) electrons. The summed E-state index contributed by atoms with van der Waals surface area (Å²) in [4.78, 5) is 15.9. The summed E-state index contributed by atoms with van der Waals surface area (Å²) in [6.45, 7) is 0.624. The van der Waals surface area contributed by atoms with Crippen LogP contribution in [0.1, 0.15) is 11.1 Å². The number of aromatic nitrogens is 1. The first-order valence-corrected chi connectivity index (χ1v) is 10.3. The van der Waals surface area contributed by atoms with Crippen LogP contribution in [-0.2, 0) is 36.4 Å². The van der Waals surface area contributed by atoms with Crippen molar-refractivity contribution in [2.45, 2.75) is 18.6 Å². The molecule has 2 heterocycles. The van der Waals surface area contributed by atoms with Crippen molar-refractivity contribution in [1.82, 2.24) is 10.4 Å². The maximum atomic E-state index is 12.9. The monoisotopic (exact) mass is 416 g/mol. The Bertz CT molecular complexity index is 1130. The molecular formula is C19H20N4O5S. The van der Waals surface area contributed by atoms with E-state index in [0.29, 0.717) is 17.8 Å². The molecule has 0 saturated carbocycles. The molecule has 0 unspecified atom stereocenters. The molecule has 1 fully saturated rings. The molecule has 152 valence electrons. The Morgan fingerprint density at radius 3 is 2.52 bits per heavy atom. The molecule has 0 atom stereocenters. The van der Waals surface area contributed by atoms with Crippen molar-refractivity contribution in [1.29, 1.82) is 0 Å². The molecule has 5 N–H and O–H groups in total. The second-order valence-corrected chi connectivity index (χ2v) is 7.87. The fourth-order valence-corrected chi connectivity index (χ4v) is 4.22. The van der Waals surface area contributed by atoms with Crippen LogP contribution in [0.4, 0.5) is 5.69 Å². The average molecular weight is 416 g/mol. The van der Waals surface area contributed by atoms with Crippen molar-refractivity contribution >= 4 is 32.9 Å². The molecule has 1 aliphatic rings. The third kappa shape index (κ3) is 4.02. The first-order valence-electron chi connectivity index (χ1n) is 8.96. The minimum Gasteiger partial charge on any atom is -0.361 e. The molecule has 0 spiro atoms. The lowest BCUT2D eigenvalue weighted by Crippen LogP contribution is -2.59. The first kappa shape index (κ1) is 19.6. The lowest BCUT2D eigenvalue weighted by molar-refractivity contribution is -0.192. The summed E-state index contributed by atoms with van der Waals surface area (Å²) in [5.41, 5.74) is 5.67. The van der Waals surface area contributed by atoms with Crippen molar-refractivity contribution < 1.29 is 21.6 Å². The van der Waals surface area contributed by atoms with E-state index in [1.54, 1.807) is 18.3 Å². The molecule has 1 aliphatic heterocycles. The van der Waals surface area contributed by atoms with Gasteiger partial charge in [-0.15, -0.1) is 0 Å². The number of carbonyl (C=O) groups is 1. The second-order valence-electron chi connectivity index (χ2n) is 6.72. The predicted molar refractivity (Wildman–Crippen MR) is 107 cm³/mol. The number of carbonyl (C=O) groups excluding carboxylic acids is 1. The highest BCUT2D eigenvalue weighted by molar-refractivity contribution is 7.83. The Labute approximate surface area is 167 Å². The number of hydrogen-bond donors (Lipinski definition) is 4. The van der Waals surface area contributed by atoms with E-state index in [0.717, 1.165) is 22.9 Å². The van der Waals surface area contributed by atoms with Gasteiger partial charge in [-0.3, -0.25) is 16.1 Å². The Hall–Kier alpha value is -2.76. The number of aromatic amines is 1. The topological polar surface area (TPSA) is 136 Å². The zero-order valence-electron chi connectivity index (χ0n) is 15.3. The summed E-state index contributed by atoms with van der Waals surface area (Å²) in [5, 5.41) is 3.52. The first-order chi connectivity index (χ1) is 13.9. The van der Waals surface area contributed by atoms with Crippen molar-refractivity contribution in [3.8, 4) is 0 Å². The molecule has 2 aromatic carbocycles. The highest BCUT2D eigenvalue weighted by atomic mass is 32.3. The molecule has 29 heavy (non-hydrogen) atoms. The third-order valence-corrected chi connectivity index (χ3v) is 5.63. The number of amides is 1. The summed E-state index contributed by atoms with van der Waals surface area (Å²) in [6, 6.07) is 14.6. The van der Waals surface area contributed by atoms with Crippen molar-refractivity contribution in [3.63, 3.8) is 0 Å². The largest absolute Gasteiger partial charge is 0.406 e. The number of anilines is 1. The van der Waals surface area contributed by atoms with Gasteiger partial charge in [0, 0.05) is 35.8 Å². The van der Waals surface area contributed by atoms with Gasteiger partial charge in [-0.1, -0.05) is 30.3 Å². The minimum absolute atomic E-state index is 0.0671. The molecule has 10 heteroatoms. The van der Waals surface area contributed by atoms with E-state index < -0.39 is 22.1 Å². The van der Waals surface area contributed by atoms with Crippen LogP contribution in [0.3, 0.4) is 0 Å². The summed E-state index contributed by atoms with van der Waals surface area (Å²) >= 11 is 0. The normalized spacial score (nSPS) is 17.0. The number of fused-ring (bicyclic) bond motifs is 1. The lowest BCUT2D eigenvalue weighted by Gasteiger charge is -2.37. The minimum atomic E-state index is -4.19. The predicted octanol–water partition coefficient (Wildman–Crippen LogP) is 1.34. The maximum absolute atomic E-state index is 12.9. The zero-order chi connectivity index (χ0) is 20.5. The molecule has 9 nitrogen and oxygen atoms in total. The second kappa shape index (κ2) is 7.58. The lowest BCUT2D eigenvalue weighted by atomic mass is 10.0. The van der Waals surface area contributed by atoms with E-state index in [-0.39, 0.29) is 6.42 Å². The van der Waals surface area contributed by atoms with Gasteiger partial charge in [0.25, 0.3) is 11.7 Å². The fourth-order valence-electron chi connectivity index (χ4n) is 3.28. The van der Waals surface area contributed by atoms with Crippen LogP contribution < -0.4 is 16.6 Å². The van der Waals surface area contributed by atoms with Crippen molar-refractivity contribution in [3.05, 3.63) is 65.9 Å².